The smallest absolute Gasteiger partial charge is 0.145 e. The van der Waals surface area contributed by atoms with E-state index in [1.165, 1.54) is 47.5 Å². The Bertz CT molecular complexity index is 3160. The van der Waals surface area contributed by atoms with Gasteiger partial charge in [0.25, 0.3) is 0 Å². The third-order valence-corrected chi connectivity index (χ3v) is 11.8. The maximum Gasteiger partial charge on any atom is 0.145 e. The molecule has 0 saturated carbocycles. The lowest BCUT2D eigenvalue weighted by Gasteiger charge is -2.28. The van der Waals surface area contributed by atoms with Gasteiger partial charge in [-0.1, -0.05) is 140 Å². The van der Waals surface area contributed by atoms with Crippen LogP contribution in [0.15, 0.2) is 192 Å². The standard InChI is InChI=1S/C50H31NOS/c1-3-13-33(14-4-1)47-44(30-29-43-48-41-20-9-7-17-37(41)38-18-8-10-21-42(38)49(48)52-50(43)47)51(35-15-5-2-6-16-35)36-26-23-32(24-27-36)34-25-28-40-39-19-11-12-22-45(39)53-46(40)31-34/h1-31H. The van der Waals surface area contributed by atoms with Gasteiger partial charge < -0.3 is 9.32 Å². The number of para-hydroxylation sites is 1. The van der Waals surface area contributed by atoms with Crippen molar-refractivity contribution >= 4 is 92.1 Å². The Labute approximate surface area is 310 Å². The van der Waals surface area contributed by atoms with Gasteiger partial charge in [0.05, 0.1) is 5.69 Å². The number of furan rings is 1. The van der Waals surface area contributed by atoms with Crippen molar-refractivity contribution < 1.29 is 4.42 Å². The van der Waals surface area contributed by atoms with Gasteiger partial charge in [-0.05, 0) is 81.4 Å². The molecule has 2 nitrogen and oxygen atoms in total. The van der Waals surface area contributed by atoms with E-state index in [-0.39, 0.29) is 0 Å². The molecule has 0 aliphatic heterocycles. The van der Waals surface area contributed by atoms with Gasteiger partial charge >= 0.3 is 0 Å². The molecule has 0 aliphatic rings. The zero-order valence-electron chi connectivity index (χ0n) is 28.7. The van der Waals surface area contributed by atoms with Gasteiger partial charge in [-0.25, -0.2) is 0 Å². The predicted molar refractivity (Wildman–Crippen MR) is 227 cm³/mol. The van der Waals surface area contributed by atoms with Crippen molar-refractivity contribution in [3.8, 4) is 22.3 Å². The van der Waals surface area contributed by atoms with E-state index in [4.69, 9.17) is 4.42 Å². The van der Waals surface area contributed by atoms with Crippen LogP contribution < -0.4 is 4.90 Å². The largest absolute Gasteiger partial charge is 0.455 e. The highest BCUT2D eigenvalue weighted by Gasteiger charge is 2.24. The first-order valence-corrected chi connectivity index (χ1v) is 18.8. The summed E-state index contributed by atoms with van der Waals surface area (Å²) in [6, 6.07) is 67.7. The van der Waals surface area contributed by atoms with Crippen LogP contribution in [0.2, 0.25) is 0 Å². The first-order valence-electron chi connectivity index (χ1n) is 18.0. The molecule has 9 aromatic carbocycles. The molecule has 248 valence electrons. The molecule has 2 heterocycles. The molecule has 0 amide bonds. The topological polar surface area (TPSA) is 16.4 Å². The molecule has 0 N–H and O–H groups in total. The number of hydrogen-bond acceptors (Lipinski definition) is 3. The minimum absolute atomic E-state index is 0.888. The molecule has 2 aromatic heterocycles. The molecule has 3 heteroatoms. The number of benzene rings is 9. The molecule has 0 spiro atoms. The zero-order chi connectivity index (χ0) is 34.9. The zero-order valence-corrected chi connectivity index (χ0v) is 29.5. The summed E-state index contributed by atoms with van der Waals surface area (Å²) in [4.78, 5) is 2.37. The quantitative estimate of drug-likeness (QED) is 0.167. The Kier molecular flexibility index (Phi) is 6.76. The summed E-state index contributed by atoms with van der Waals surface area (Å²) >= 11 is 1.86. The summed E-state index contributed by atoms with van der Waals surface area (Å²) in [6.45, 7) is 0. The molecule has 0 fully saturated rings. The molecular weight excluding hydrogens is 663 g/mol. The van der Waals surface area contributed by atoms with E-state index in [0.717, 1.165) is 55.5 Å². The highest BCUT2D eigenvalue weighted by atomic mass is 32.1. The molecule has 0 unspecified atom stereocenters. The molecule has 0 radical (unpaired) electrons. The third-order valence-electron chi connectivity index (χ3n) is 10.6. The average Bonchev–Trinajstić information content (AvgIpc) is 3.81. The summed E-state index contributed by atoms with van der Waals surface area (Å²) in [7, 11) is 0. The monoisotopic (exact) mass is 693 g/mol. The SMILES string of the molecule is c1ccc(-c2c(N(c3ccccc3)c3ccc(-c4ccc5c(c4)sc4ccccc45)cc3)ccc3c2oc2c4ccccc4c4ccccc4c32)cc1. The van der Waals surface area contributed by atoms with Gasteiger partial charge in [0.15, 0.2) is 0 Å². The van der Waals surface area contributed by atoms with Crippen LogP contribution in [0, 0.1) is 0 Å². The Morgan fingerprint density at radius 3 is 1.70 bits per heavy atom. The van der Waals surface area contributed by atoms with Crippen molar-refractivity contribution in [1.82, 2.24) is 0 Å². The van der Waals surface area contributed by atoms with E-state index in [0.29, 0.717) is 0 Å². The van der Waals surface area contributed by atoms with Crippen LogP contribution in [-0.2, 0) is 0 Å². The Balaban J connectivity index is 1.14. The second-order valence-corrected chi connectivity index (χ2v) is 14.7. The third kappa shape index (κ3) is 4.71. The van der Waals surface area contributed by atoms with Crippen molar-refractivity contribution in [2.45, 2.75) is 0 Å². The molecule has 0 atom stereocenters. The molecular formula is C50H31NOS. The number of fused-ring (bicyclic) bond motifs is 11. The lowest BCUT2D eigenvalue weighted by molar-refractivity contribution is 0.674. The molecule has 11 aromatic rings. The normalized spacial score (nSPS) is 11.8. The molecule has 0 bridgehead atoms. The van der Waals surface area contributed by atoms with Crippen molar-refractivity contribution in [2.75, 3.05) is 4.90 Å². The fraction of sp³-hybridized carbons (Fsp3) is 0. The van der Waals surface area contributed by atoms with E-state index >= 15 is 0 Å². The summed E-state index contributed by atoms with van der Waals surface area (Å²) in [5.41, 5.74) is 9.61. The first-order chi connectivity index (χ1) is 26.3. The van der Waals surface area contributed by atoms with Gasteiger partial charge in [0, 0.05) is 53.3 Å². The highest BCUT2D eigenvalue weighted by Crippen LogP contribution is 2.49. The summed E-state index contributed by atoms with van der Waals surface area (Å²) < 4.78 is 9.77. The summed E-state index contributed by atoms with van der Waals surface area (Å²) in [5, 5.41) is 9.68. The maximum absolute atomic E-state index is 7.13. The fourth-order valence-corrected chi connectivity index (χ4v) is 9.39. The van der Waals surface area contributed by atoms with E-state index in [1.807, 2.05) is 11.3 Å². The molecule has 0 saturated heterocycles. The van der Waals surface area contributed by atoms with Gasteiger partial charge in [-0.15, -0.1) is 11.3 Å². The van der Waals surface area contributed by atoms with E-state index in [2.05, 4.69) is 193 Å². The van der Waals surface area contributed by atoms with Crippen LogP contribution in [-0.4, -0.2) is 0 Å². The van der Waals surface area contributed by atoms with E-state index in [1.54, 1.807) is 0 Å². The summed E-state index contributed by atoms with van der Waals surface area (Å²) in [6.07, 6.45) is 0. The minimum atomic E-state index is 0.888. The van der Waals surface area contributed by atoms with Crippen molar-refractivity contribution in [3.63, 3.8) is 0 Å². The van der Waals surface area contributed by atoms with E-state index in [9.17, 15) is 0 Å². The van der Waals surface area contributed by atoms with Gasteiger partial charge in [-0.3, -0.25) is 0 Å². The van der Waals surface area contributed by atoms with Crippen LogP contribution >= 0.6 is 11.3 Å². The Morgan fingerprint density at radius 1 is 0.358 bits per heavy atom. The number of hydrogen-bond donors (Lipinski definition) is 0. The number of nitrogens with zero attached hydrogens (tertiary/aromatic N) is 1. The first kappa shape index (κ1) is 30.0. The second-order valence-electron chi connectivity index (χ2n) is 13.6. The van der Waals surface area contributed by atoms with Crippen molar-refractivity contribution in [2.24, 2.45) is 0 Å². The summed E-state index contributed by atoms with van der Waals surface area (Å²) in [5.74, 6) is 0. The molecule has 53 heavy (non-hydrogen) atoms. The van der Waals surface area contributed by atoms with Gasteiger partial charge in [0.1, 0.15) is 11.2 Å². The lowest BCUT2D eigenvalue weighted by Crippen LogP contribution is -2.11. The van der Waals surface area contributed by atoms with Crippen LogP contribution in [0.1, 0.15) is 0 Å². The van der Waals surface area contributed by atoms with Crippen molar-refractivity contribution in [1.29, 1.82) is 0 Å². The Hall–Kier alpha value is -6.68. The molecule has 0 aliphatic carbocycles. The minimum Gasteiger partial charge on any atom is -0.455 e. The lowest BCUT2D eigenvalue weighted by atomic mass is 9.95. The molecule has 11 rings (SSSR count). The predicted octanol–water partition coefficient (Wildman–Crippen LogP) is 15.1. The van der Waals surface area contributed by atoms with Gasteiger partial charge in [0.2, 0.25) is 0 Å². The number of rotatable bonds is 5. The maximum atomic E-state index is 7.13. The highest BCUT2D eigenvalue weighted by molar-refractivity contribution is 7.25. The van der Waals surface area contributed by atoms with E-state index < -0.39 is 0 Å². The second kappa shape index (κ2) is 11.9. The number of anilines is 3. The van der Waals surface area contributed by atoms with Crippen molar-refractivity contribution in [3.05, 3.63) is 188 Å². The fourth-order valence-electron chi connectivity index (χ4n) is 8.24. The van der Waals surface area contributed by atoms with Crippen LogP contribution in [0.5, 0.6) is 0 Å². The van der Waals surface area contributed by atoms with Crippen LogP contribution in [0.25, 0.3) is 85.9 Å². The van der Waals surface area contributed by atoms with Gasteiger partial charge in [-0.2, -0.15) is 0 Å². The van der Waals surface area contributed by atoms with Crippen LogP contribution in [0.4, 0.5) is 17.1 Å². The average molecular weight is 694 g/mol. The van der Waals surface area contributed by atoms with Crippen LogP contribution in [0.3, 0.4) is 0 Å². The Morgan fingerprint density at radius 2 is 0.925 bits per heavy atom. The number of thiophene rings is 1.